The van der Waals surface area contributed by atoms with Crippen molar-refractivity contribution in [3.05, 3.63) is 18.2 Å². The number of carbonyl (C=O) groups excluding carboxylic acids is 1. The molecule has 0 saturated carbocycles. The highest BCUT2D eigenvalue weighted by Crippen LogP contribution is 2.36. The van der Waals surface area contributed by atoms with Crippen molar-refractivity contribution in [2.45, 2.75) is 31.3 Å². The van der Waals surface area contributed by atoms with Crippen molar-refractivity contribution < 1.29 is 17.9 Å². The Labute approximate surface area is 116 Å². The molecule has 2 rings (SSSR count). The number of hydrogen-bond donors (Lipinski definition) is 0. The van der Waals surface area contributed by atoms with E-state index in [0.717, 1.165) is 0 Å². The molecule has 19 heavy (non-hydrogen) atoms. The molecule has 104 valence electrons. The molecule has 1 aliphatic rings. The van der Waals surface area contributed by atoms with Gasteiger partial charge in [0.05, 0.1) is 17.1 Å². The highest BCUT2D eigenvalue weighted by atomic mass is 35.7. The van der Waals surface area contributed by atoms with Crippen LogP contribution in [0.15, 0.2) is 23.1 Å². The summed E-state index contributed by atoms with van der Waals surface area (Å²) in [5.41, 5.74) is 0.451. The molecule has 1 heterocycles. The Morgan fingerprint density at radius 1 is 1.53 bits per heavy atom. The van der Waals surface area contributed by atoms with Crippen LogP contribution in [0.2, 0.25) is 0 Å². The number of amides is 1. The van der Waals surface area contributed by atoms with Crippen molar-refractivity contribution in [1.29, 1.82) is 0 Å². The van der Waals surface area contributed by atoms with E-state index < -0.39 is 9.05 Å². The van der Waals surface area contributed by atoms with Gasteiger partial charge in [-0.1, -0.05) is 6.92 Å². The minimum atomic E-state index is -3.83. The first-order valence-corrected chi connectivity index (χ1v) is 8.19. The molecule has 0 N–H and O–H groups in total. The largest absolute Gasteiger partial charge is 0.487 e. The summed E-state index contributed by atoms with van der Waals surface area (Å²) in [7, 11) is 1.49. The molecular weight excluding hydrogens is 290 g/mol. The number of halogens is 1. The summed E-state index contributed by atoms with van der Waals surface area (Å²) >= 11 is 0. The van der Waals surface area contributed by atoms with Crippen LogP contribution in [-0.4, -0.2) is 27.0 Å². The van der Waals surface area contributed by atoms with E-state index in [0.29, 0.717) is 24.4 Å². The molecule has 5 nitrogen and oxygen atoms in total. The second-order valence-electron chi connectivity index (χ2n) is 4.35. The van der Waals surface area contributed by atoms with Gasteiger partial charge < -0.3 is 9.64 Å². The summed E-state index contributed by atoms with van der Waals surface area (Å²) in [6.07, 6.45) is 0.200. The summed E-state index contributed by atoms with van der Waals surface area (Å²) in [6.45, 7) is 4.00. The van der Waals surface area contributed by atoms with Gasteiger partial charge in [0.1, 0.15) is 11.9 Å². The minimum Gasteiger partial charge on any atom is -0.487 e. The molecule has 1 aliphatic heterocycles. The monoisotopic (exact) mass is 303 g/mol. The van der Waals surface area contributed by atoms with Crippen LogP contribution in [0.4, 0.5) is 5.69 Å². The fraction of sp³-hybridized carbons (Fsp3) is 0.417. The first kappa shape index (κ1) is 14.1. The molecule has 0 saturated heterocycles. The third kappa shape index (κ3) is 2.84. The molecule has 0 radical (unpaired) electrons. The lowest BCUT2D eigenvalue weighted by atomic mass is 10.2. The van der Waals surface area contributed by atoms with Gasteiger partial charge in [0.25, 0.3) is 9.05 Å². The van der Waals surface area contributed by atoms with E-state index >= 15 is 0 Å². The Bertz CT molecular complexity index is 614. The van der Waals surface area contributed by atoms with Gasteiger partial charge in [-0.05, 0) is 25.1 Å². The molecule has 0 aromatic heterocycles. The lowest BCUT2D eigenvalue weighted by molar-refractivity contribution is -0.118. The molecule has 1 atom stereocenters. The molecule has 1 aromatic carbocycles. The van der Waals surface area contributed by atoms with Crippen LogP contribution in [0.3, 0.4) is 0 Å². The zero-order chi connectivity index (χ0) is 14.2. The number of ether oxygens (including phenoxy) is 1. The fourth-order valence-electron chi connectivity index (χ4n) is 2.00. The molecule has 1 unspecified atom stereocenters. The highest BCUT2D eigenvalue weighted by Gasteiger charge is 2.28. The lowest BCUT2D eigenvalue weighted by Gasteiger charge is -2.33. The number of anilines is 1. The third-order valence-electron chi connectivity index (χ3n) is 2.87. The van der Waals surface area contributed by atoms with Crippen molar-refractivity contribution in [3.63, 3.8) is 0 Å². The molecule has 0 bridgehead atoms. The maximum absolute atomic E-state index is 11.9. The van der Waals surface area contributed by atoms with Crippen LogP contribution in [0.1, 0.15) is 20.3 Å². The van der Waals surface area contributed by atoms with Gasteiger partial charge in [0, 0.05) is 17.1 Å². The predicted octanol–water partition coefficient (Wildman–Crippen LogP) is 2.14. The maximum Gasteiger partial charge on any atom is 0.261 e. The van der Waals surface area contributed by atoms with Gasteiger partial charge >= 0.3 is 0 Å². The van der Waals surface area contributed by atoms with Crippen molar-refractivity contribution in [2.24, 2.45) is 0 Å². The number of rotatable bonds is 2. The van der Waals surface area contributed by atoms with E-state index in [9.17, 15) is 13.2 Å². The number of benzene rings is 1. The fourth-order valence-corrected chi connectivity index (χ4v) is 2.77. The Morgan fingerprint density at radius 3 is 2.79 bits per heavy atom. The second-order valence-corrected chi connectivity index (χ2v) is 6.92. The SMILES string of the molecule is CCC(=O)N1CC(C)Oc2ccc(S(=O)(=O)Cl)cc21. The lowest BCUT2D eigenvalue weighted by Crippen LogP contribution is -2.42. The Kier molecular flexibility index (Phi) is 3.73. The van der Waals surface area contributed by atoms with E-state index in [2.05, 4.69) is 0 Å². The number of fused-ring (bicyclic) bond motifs is 1. The Hall–Kier alpha value is -1.27. The highest BCUT2D eigenvalue weighted by molar-refractivity contribution is 8.13. The zero-order valence-corrected chi connectivity index (χ0v) is 12.2. The number of hydrogen-bond acceptors (Lipinski definition) is 4. The van der Waals surface area contributed by atoms with Crippen molar-refractivity contribution in [2.75, 3.05) is 11.4 Å². The molecule has 0 aliphatic carbocycles. The summed E-state index contributed by atoms with van der Waals surface area (Å²) in [6, 6.07) is 4.26. The Morgan fingerprint density at radius 2 is 2.21 bits per heavy atom. The van der Waals surface area contributed by atoms with Crippen LogP contribution in [0, 0.1) is 0 Å². The Balaban J connectivity index is 2.53. The normalized spacial score (nSPS) is 18.7. The van der Waals surface area contributed by atoms with Crippen molar-refractivity contribution in [1.82, 2.24) is 0 Å². The quantitative estimate of drug-likeness (QED) is 0.785. The predicted molar refractivity (Wildman–Crippen MR) is 72.2 cm³/mol. The summed E-state index contributed by atoms with van der Waals surface area (Å²) in [4.78, 5) is 13.4. The summed E-state index contributed by atoms with van der Waals surface area (Å²) in [5, 5.41) is 0. The first-order valence-electron chi connectivity index (χ1n) is 5.88. The van der Waals surface area contributed by atoms with E-state index in [-0.39, 0.29) is 16.9 Å². The van der Waals surface area contributed by atoms with Crippen LogP contribution in [-0.2, 0) is 13.8 Å². The molecule has 1 amide bonds. The van der Waals surface area contributed by atoms with Gasteiger partial charge in [0.2, 0.25) is 5.91 Å². The average Bonchev–Trinajstić information content (AvgIpc) is 2.35. The van der Waals surface area contributed by atoms with Crippen molar-refractivity contribution in [3.8, 4) is 5.75 Å². The average molecular weight is 304 g/mol. The smallest absolute Gasteiger partial charge is 0.261 e. The van der Waals surface area contributed by atoms with Crippen LogP contribution in [0.25, 0.3) is 0 Å². The molecule has 0 spiro atoms. The molecule has 0 fully saturated rings. The van der Waals surface area contributed by atoms with E-state index in [4.69, 9.17) is 15.4 Å². The van der Waals surface area contributed by atoms with Crippen LogP contribution in [0.5, 0.6) is 5.75 Å². The van der Waals surface area contributed by atoms with Gasteiger partial charge in [-0.2, -0.15) is 0 Å². The summed E-state index contributed by atoms with van der Waals surface area (Å²) < 4.78 is 28.3. The van der Waals surface area contributed by atoms with Crippen molar-refractivity contribution >= 4 is 31.3 Å². The topological polar surface area (TPSA) is 63.7 Å². The third-order valence-corrected chi connectivity index (χ3v) is 4.23. The molecule has 1 aromatic rings. The van der Waals surface area contributed by atoms with Gasteiger partial charge in [-0.15, -0.1) is 0 Å². The first-order chi connectivity index (χ1) is 8.82. The molecule has 7 heteroatoms. The minimum absolute atomic E-state index is 0.0417. The summed E-state index contributed by atoms with van der Waals surface area (Å²) in [5.74, 6) is 0.408. The molecular formula is C12H14ClNO4S. The van der Waals surface area contributed by atoms with Gasteiger partial charge in [-0.25, -0.2) is 8.42 Å². The van der Waals surface area contributed by atoms with E-state index in [1.807, 2.05) is 6.92 Å². The van der Waals surface area contributed by atoms with Gasteiger partial charge in [0.15, 0.2) is 0 Å². The zero-order valence-electron chi connectivity index (χ0n) is 10.6. The second kappa shape index (κ2) is 5.02. The van der Waals surface area contributed by atoms with E-state index in [1.165, 1.54) is 23.1 Å². The maximum atomic E-state index is 11.9. The van der Waals surface area contributed by atoms with E-state index in [1.54, 1.807) is 6.92 Å². The van der Waals surface area contributed by atoms with Crippen LogP contribution >= 0.6 is 10.7 Å². The standard InChI is InChI=1S/C12H14ClNO4S/c1-3-12(15)14-7-8(2)18-11-5-4-9(6-10(11)14)19(13,16)17/h4-6,8H,3,7H2,1-2H3. The van der Waals surface area contributed by atoms with Crippen LogP contribution < -0.4 is 9.64 Å². The number of nitrogens with zero attached hydrogens (tertiary/aromatic N) is 1. The number of carbonyl (C=O) groups is 1. The van der Waals surface area contributed by atoms with Gasteiger partial charge in [-0.3, -0.25) is 4.79 Å².